The van der Waals surface area contributed by atoms with E-state index in [1.54, 1.807) is 12.1 Å². The van der Waals surface area contributed by atoms with Gasteiger partial charge in [0.2, 0.25) is 5.91 Å². The molecule has 0 spiro atoms. The lowest BCUT2D eigenvalue weighted by atomic mass is 9.98. The highest BCUT2D eigenvalue weighted by atomic mass is 35.5. The normalized spacial score (nSPS) is 14.9. The summed E-state index contributed by atoms with van der Waals surface area (Å²) in [7, 11) is 1.53. The van der Waals surface area contributed by atoms with Crippen LogP contribution in [0.15, 0.2) is 18.2 Å². The molecular weight excluding hydrogens is 358 g/mol. The zero-order valence-electron chi connectivity index (χ0n) is 15.3. The van der Waals surface area contributed by atoms with E-state index in [0.29, 0.717) is 24.6 Å². The van der Waals surface area contributed by atoms with Crippen LogP contribution in [-0.2, 0) is 16.1 Å². The van der Waals surface area contributed by atoms with Crippen molar-refractivity contribution in [2.75, 3.05) is 20.3 Å². The zero-order valence-corrected chi connectivity index (χ0v) is 16.1. The largest absolute Gasteiger partial charge is 0.493 e. The molecule has 1 aromatic rings. The number of carbonyl (C=O) groups is 2. The summed E-state index contributed by atoms with van der Waals surface area (Å²) in [4.78, 5) is 23.7. The lowest BCUT2D eigenvalue weighted by Gasteiger charge is -2.22. The molecule has 0 aromatic heterocycles. The highest BCUT2D eigenvalue weighted by Gasteiger charge is 2.36. The molecule has 1 aliphatic rings. The van der Waals surface area contributed by atoms with Gasteiger partial charge in [-0.05, 0) is 37.5 Å². The van der Waals surface area contributed by atoms with Crippen molar-refractivity contribution in [2.24, 2.45) is 5.73 Å². The SMILES string of the molecule is CCNC(=O)COc1ccc(CNC(=O)C2(N)CCCC2)cc1OC.Cl. The van der Waals surface area contributed by atoms with Crippen molar-refractivity contribution in [3.8, 4) is 11.5 Å². The van der Waals surface area contributed by atoms with Gasteiger partial charge in [0.15, 0.2) is 18.1 Å². The van der Waals surface area contributed by atoms with Crippen molar-refractivity contribution in [3.05, 3.63) is 23.8 Å². The predicted molar refractivity (Wildman–Crippen MR) is 102 cm³/mol. The van der Waals surface area contributed by atoms with Crippen molar-refractivity contribution >= 4 is 24.2 Å². The number of ether oxygens (including phenoxy) is 2. The van der Waals surface area contributed by atoms with Crippen LogP contribution in [0.3, 0.4) is 0 Å². The lowest BCUT2D eigenvalue weighted by Crippen LogP contribution is -2.51. The summed E-state index contributed by atoms with van der Waals surface area (Å²) >= 11 is 0. The maximum atomic E-state index is 12.3. The molecular formula is C18H28ClN3O4. The third-order valence-electron chi connectivity index (χ3n) is 4.36. The van der Waals surface area contributed by atoms with Gasteiger partial charge in [0, 0.05) is 13.1 Å². The number of hydrogen-bond acceptors (Lipinski definition) is 5. The van der Waals surface area contributed by atoms with Crippen molar-refractivity contribution in [2.45, 2.75) is 44.7 Å². The Labute approximate surface area is 160 Å². The fraction of sp³-hybridized carbons (Fsp3) is 0.556. The first-order chi connectivity index (χ1) is 12.0. The summed E-state index contributed by atoms with van der Waals surface area (Å²) in [6.07, 6.45) is 3.45. The van der Waals surface area contributed by atoms with E-state index in [2.05, 4.69) is 10.6 Å². The predicted octanol–water partition coefficient (Wildman–Crippen LogP) is 1.52. The van der Waals surface area contributed by atoms with Crippen molar-refractivity contribution in [3.63, 3.8) is 0 Å². The van der Waals surface area contributed by atoms with Gasteiger partial charge in [-0.2, -0.15) is 0 Å². The van der Waals surface area contributed by atoms with Gasteiger partial charge in [0.25, 0.3) is 5.91 Å². The van der Waals surface area contributed by atoms with Crippen LogP contribution >= 0.6 is 12.4 Å². The van der Waals surface area contributed by atoms with Gasteiger partial charge in [-0.25, -0.2) is 0 Å². The van der Waals surface area contributed by atoms with Crippen LogP contribution in [0.2, 0.25) is 0 Å². The molecule has 4 N–H and O–H groups in total. The molecule has 0 aliphatic heterocycles. The number of amides is 2. The summed E-state index contributed by atoms with van der Waals surface area (Å²) < 4.78 is 10.8. The number of methoxy groups -OCH3 is 1. The average molecular weight is 386 g/mol. The monoisotopic (exact) mass is 385 g/mol. The van der Waals surface area contributed by atoms with Crippen LogP contribution in [0.5, 0.6) is 11.5 Å². The van der Waals surface area contributed by atoms with E-state index < -0.39 is 5.54 Å². The molecule has 2 amide bonds. The summed E-state index contributed by atoms with van der Waals surface area (Å²) in [5, 5.41) is 5.56. The number of benzene rings is 1. The smallest absolute Gasteiger partial charge is 0.257 e. The molecule has 0 saturated heterocycles. The van der Waals surface area contributed by atoms with Crippen molar-refractivity contribution in [1.29, 1.82) is 0 Å². The first-order valence-corrected chi connectivity index (χ1v) is 8.62. The molecule has 1 aromatic carbocycles. The minimum atomic E-state index is -0.736. The van der Waals surface area contributed by atoms with Crippen LogP contribution in [0.4, 0.5) is 0 Å². The van der Waals surface area contributed by atoms with Crippen molar-refractivity contribution < 1.29 is 19.1 Å². The highest BCUT2D eigenvalue weighted by molar-refractivity contribution is 5.86. The summed E-state index contributed by atoms with van der Waals surface area (Å²) in [5.74, 6) is 0.695. The number of likely N-dealkylation sites (N-methyl/N-ethyl adjacent to an activating group) is 1. The summed E-state index contributed by atoms with van der Waals surface area (Å²) in [6.45, 7) is 2.69. The minimum Gasteiger partial charge on any atom is -0.493 e. The third kappa shape index (κ3) is 5.78. The topological polar surface area (TPSA) is 103 Å². The minimum absolute atomic E-state index is 0. The molecule has 1 fully saturated rings. The maximum absolute atomic E-state index is 12.3. The molecule has 7 nitrogen and oxygen atoms in total. The summed E-state index contributed by atoms with van der Waals surface area (Å²) in [6, 6.07) is 5.34. The number of nitrogens with two attached hydrogens (primary N) is 1. The van der Waals surface area contributed by atoms with Crippen LogP contribution in [0.1, 0.15) is 38.2 Å². The number of carbonyl (C=O) groups excluding carboxylic acids is 2. The molecule has 0 heterocycles. The third-order valence-corrected chi connectivity index (χ3v) is 4.36. The maximum Gasteiger partial charge on any atom is 0.257 e. The zero-order chi connectivity index (χ0) is 18.3. The van der Waals surface area contributed by atoms with Crippen LogP contribution in [0, 0.1) is 0 Å². The second-order valence-corrected chi connectivity index (χ2v) is 6.27. The van der Waals surface area contributed by atoms with E-state index in [9.17, 15) is 9.59 Å². The Balaban J connectivity index is 0.00000338. The molecule has 0 unspecified atom stereocenters. The number of rotatable bonds is 8. The standard InChI is InChI=1S/C18H27N3O4.ClH/c1-3-20-16(22)12-25-14-7-6-13(10-15(14)24-2)11-21-17(23)18(19)8-4-5-9-18;/h6-7,10H,3-5,8-9,11-12,19H2,1-2H3,(H,20,22)(H,21,23);1H. The fourth-order valence-corrected chi connectivity index (χ4v) is 2.92. The fourth-order valence-electron chi connectivity index (χ4n) is 2.92. The first-order valence-electron chi connectivity index (χ1n) is 8.62. The number of nitrogens with one attached hydrogen (secondary N) is 2. The Morgan fingerprint density at radius 2 is 1.88 bits per heavy atom. The molecule has 0 atom stereocenters. The van der Waals surface area contributed by atoms with E-state index in [1.807, 2.05) is 13.0 Å². The molecule has 0 bridgehead atoms. The van der Waals surface area contributed by atoms with Crippen LogP contribution in [0.25, 0.3) is 0 Å². The quantitative estimate of drug-likeness (QED) is 0.629. The van der Waals surface area contributed by atoms with Crippen LogP contribution < -0.4 is 25.8 Å². The van der Waals surface area contributed by atoms with E-state index >= 15 is 0 Å². The van der Waals surface area contributed by atoms with Gasteiger partial charge in [-0.15, -0.1) is 12.4 Å². The van der Waals surface area contributed by atoms with Gasteiger partial charge < -0.3 is 25.8 Å². The Bertz CT molecular complexity index is 618. The Hall–Kier alpha value is -1.99. The second kappa shape index (κ2) is 10.2. The Morgan fingerprint density at radius 3 is 2.50 bits per heavy atom. The molecule has 1 saturated carbocycles. The van der Waals surface area contributed by atoms with E-state index in [4.69, 9.17) is 15.2 Å². The molecule has 0 radical (unpaired) electrons. The van der Waals surface area contributed by atoms with E-state index in [-0.39, 0.29) is 30.8 Å². The van der Waals surface area contributed by atoms with Gasteiger partial charge in [0.05, 0.1) is 12.6 Å². The molecule has 8 heteroatoms. The van der Waals surface area contributed by atoms with Crippen molar-refractivity contribution in [1.82, 2.24) is 10.6 Å². The summed E-state index contributed by atoms with van der Waals surface area (Å²) in [5.41, 5.74) is 6.28. The molecule has 2 rings (SSSR count). The Kier molecular flexibility index (Phi) is 8.68. The van der Waals surface area contributed by atoms with E-state index in [1.165, 1.54) is 7.11 Å². The van der Waals surface area contributed by atoms with Gasteiger partial charge in [-0.1, -0.05) is 18.9 Å². The number of halogens is 1. The Morgan fingerprint density at radius 1 is 1.19 bits per heavy atom. The molecule has 26 heavy (non-hydrogen) atoms. The lowest BCUT2D eigenvalue weighted by molar-refractivity contribution is -0.126. The van der Waals surface area contributed by atoms with Gasteiger partial charge in [-0.3, -0.25) is 9.59 Å². The number of hydrogen-bond donors (Lipinski definition) is 3. The van der Waals surface area contributed by atoms with Gasteiger partial charge in [0.1, 0.15) is 0 Å². The van der Waals surface area contributed by atoms with Gasteiger partial charge >= 0.3 is 0 Å². The first kappa shape index (κ1) is 22.1. The molecule has 146 valence electrons. The molecule has 1 aliphatic carbocycles. The second-order valence-electron chi connectivity index (χ2n) is 6.27. The highest BCUT2D eigenvalue weighted by Crippen LogP contribution is 2.29. The van der Waals surface area contributed by atoms with Crippen LogP contribution in [-0.4, -0.2) is 37.6 Å². The average Bonchev–Trinajstić information content (AvgIpc) is 3.06. The van der Waals surface area contributed by atoms with E-state index in [0.717, 1.165) is 31.2 Å².